The zero-order chi connectivity index (χ0) is 12.3. The molecule has 0 unspecified atom stereocenters. The number of thiocarbonyl (C=S) groups is 1. The van der Waals surface area contributed by atoms with Crippen molar-refractivity contribution in [2.75, 3.05) is 5.32 Å². The molecule has 0 aliphatic carbocycles. The second-order valence-corrected chi connectivity index (χ2v) is 4.86. The van der Waals surface area contributed by atoms with Gasteiger partial charge in [0, 0.05) is 5.38 Å². The first kappa shape index (κ1) is 11.9. The Labute approximate surface area is 108 Å². The van der Waals surface area contributed by atoms with E-state index in [1.165, 1.54) is 0 Å². The van der Waals surface area contributed by atoms with Crippen molar-refractivity contribution < 1.29 is 0 Å². The second-order valence-electron chi connectivity index (χ2n) is 3.36. The van der Waals surface area contributed by atoms with E-state index in [-0.39, 0.29) is 4.99 Å². The van der Waals surface area contributed by atoms with Gasteiger partial charge in [0.1, 0.15) is 16.5 Å². The molecule has 5 nitrogen and oxygen atoms in total. The first-order valence-corrected chi connectivity index (χ1v) is 6.20. The Morgan fingerprint density at radius 2 is 2.29 bits per heavy atom. The number of hydrogen-bond acceptors (Lipinski definition) is 6. The number of thiazole rings is 1. The molecule has 3 N–H and O–H groups in total. The first-order chi connectivity index (χ1) is 8.15. The van der Waals surface area contributed by atoms with Crippen molar-refractivity contribution in [2.24, 2.45) is 5.73 Å². The third kappa shape index (κ3) is 3.18. The summed E-state index contributed by atoms with van der Waals surface area (Å²) in [5.41, 5.74) is 6.95. The molecule has 17 heavy (non-hydrogen) atoms. The van der Waals surface area contributed by atoms with E-state index in [4.69, 9.17) is 18.0 Å². The summed E-state index contributed by atoms with van der Waals surface area (Å²) < 4.78 is 0. The summed E-state index contributed by atoms with van der Waals surface area (Å²) in [6.07, 6.45) is 3.16. The van der Waals surface area contributed by atoms with E-state index in [0.717, 1.165) is 10.7 Å². The zero-order valence-corrected chi connectivity index (χ0v) is 10.8. The van der Waals surface area contributed by atoms with Gasteiger partial charge in [0.25, 0.3) is 0 Å². The van der Waals surface area contributed by atoms with Crippen LogP contribution < -0.4 is 11.1 Å². The maximum Gasteiger partial charge on any atom is 0.144 e. The monoisotopic (exact) mass is 265 g/mol. The van der Waals surface area contributed by atoms with Gasteiger partial charge < -0.3 is 11.1 Å². The molecule has 0 amide bonds. The number of nitrogens with zero attached hydrogens (tertiary/aromatic N) is 3. The number of aromatic nitrogens is 3. The first-order valence-electron chi connectivity index (χ1n) is 4.92. The van der Waals surface area contributed by atoms with Gasteiger partial charge in [-0.05, 0) is 6.92 Å². The predicted octanol–water partition coefficient (Wildman–Crippen LogP) is 1.49. The Hall–Kier alpha value is -1.60. The molecule has 2 rings (SSSR count). The van der Waals surface area contributed by atoms with Crippen molar-refractivity contribution in [3.63, 3.8) is 0 Å². The topological polar surface area (TPSA) is 76.7 Å². The molecule has 88 valence electrons. The van der Waals surface area contributed by atoms with Crippen LogP contribution in [0.5, 0.6) is 0 Å². The number of nitrogens with two attached hydrogens (primary N) is 1. The van der Waals surface area contributed by atoms with Gasteiger partial charge in [0.15, 0.2) is 0 Å². The smallest absolute Gasteiger partial charge is 0.144 e. The molecule has 0 saturated heterocycles. The molecule has 0 spiro atoms. The average Bonchev–Trinajstić information content (AvgIpc) is 2.73. The average molecular weight is 265 g/mol. The Morgan fingerprint density at radius 1 is 1.47 bits per heavy atom. The molecule has 0 saturated carbocycles. The third-order valence-corrected chi connectivity index (χ3v) is 3.05. The van der Waals surface area contributed by atoms with Gasteiger partial charge in [-0.1, -0.05) is 12.2 Å². The molecule has 0 atom stereocenters. The molecule has 0 aliphatic rings. The molecular formula is C10H11N5S2. The molecule has 0 aliphatic heterocycles. The fourth-order valence-electron chi connectivity index (χ4n) is 1.22. The molecular weight excluding hydrogens is 254 g/mol. The van der Waals surface area contributed by atoms with Crippen LogP contribution in [-0.4, -0.2) is 19.9 Å². The molecule has 0 radical (unpaired) electrons. The van der Waals surface area contributed by atoms with Crippen LogP contribution in [0.15, 0.2) is 17.8 Å². The molecule has 7 heteroatoms. The van der Waals surface area contributed by atoms with E-state index in [1.807, 2.05) is 12.3 Å². The largest absolute Gasteiger partial charge is 0.388 e. The van der Waals surface area contributed by atoms with Gasteiger partial charge in [-0.3, -0.25) is 0 Å². The van der Waals surface area contributed by atoms with Crippen molar-refractivity contribution >= 4 is 34.4 Å². The summed E-state index contributed by atoms with van der Waals surface area (Å²) in [6, 6.07) is 0. The van der Waals surface area contributed by atoms with Gasteiger partial charge in [-0.15, -0.1) is 11.3 Å². The quantitative estimate of drug-likeness (QED) is 0.816. The number of aryl methyl sites for hydroxylation is 1. The van der Waals surface area contributed by atoms with Crippen molar-refractivity contribution in [2.45, 2.75) is 13.5 Å². The van der Waals surface area contributed by atoms with Crippen LogP contribution in [0, 0.1) is 6.92 Å². The molecule has 0 fully saturated rings. The second kappa shape index (κ2) is 5.15. The van der Waals surface area contributed by atoms with Gasteiger partial charge in [0.05, 0.1) is 29.6 Å². The molecule has 0 bridgehead atoms. The summed E-state index contributed by atoms with van der Waals surface area (Å²) >= 11 is 6.42. The number of anilines is 1. The molecule has 2 aromatic heterocycles. The van der Waals surface area contributed by atoms with Gasteiger partial charge >= 0.3 is 0 Å². The minimum absolute atomic E-state index is 0.249. The summed E-state index contributed by atoms with van der Waals surface area (Å²) in [5.74, 6) is 0.677. The van der Waals surface area contributed by atoms with Crippen LogP contribution in [-0.2, 0) is 6.54 Å². The zero-order valence-electron chi connectivity index (χ0n) is 9.17. The highest BCUT2D eigenvalue weighted by molar-refractivity contribution is 7.80. The maximum atomic E-state index is 5.43. The van der Waals surface area contributed by atoms with Crippen LogP contribution in [0.1, 0.15) is 16.4 Å². The van der Waals surface area contributed by atoms with Crippen LogP contribution in [0.3, 0.4) is 0 Å². The van der Waals surface area contributed by atoms with E-state index < -0.39 is 0 Å². The summed E-state index contributed by atoms with van der Waals surface area (Å²) in [5, 5.41) is 6.19. The predicted molar refractivity (Wildman–Crippen MR) is 72.1 cm³/mol. The normalized spacial score (nSPS) is 10.2. The lowest BCUT2D eigenvalue weighted by Gasteiger charge is -2.03. The molecule has 2 aromatic rings. The van der Waals surface area contributed by atoms with Crippen molar-refractivity contribution in [1.82, 2.24) is 15.0 Å². The van der Waals surface area contributed by atoms with Crippen LogP contribution in [0.25, 0.3) is 0 Å². The van der Waals surface area contributed by atoms with Crippen LogP contribution in [0.2, 0.25) is 0 Å². The minimum Gasteiger partial charge on any atom is -0.388 e. The standard InChI is InChI=1S/C10H11N5S2/c1-6-15-7(5-17-6)2-13-9-4-12-8(3-14-9)10(11)16/h3-5H,2H2,1H3,(H2,11,16)(H,13,14). The summed E-state index contributed by atoms with van der Waals surface area (Å²) in [4.78, 5) is 12.8. The van der Waals surface area contributed by atoms with E-state index in [2.05, 4.69) is 20.3 Å². The van der Waals surface area contributed by atoms with E-state index >= 15 is 0 Å². The highest BCUT2D eigenvalue weighted by Gasteiger charge is 2.01. The van der Waals surface area contributed by atoms with Gasteiger partial charge in [0.2, 0.25) is 0 Å². The third-order valence-electron chi connectivity index (χ3n) is 2.02. The Kier molecular flexibility index (Phi) is 3.60. The lowest BCUT2D eigenvalue weighted by molar-refractivity contribution is 1.03. The number of hydrogen-bond donors (Lipinski definition) is 2. The fourth-order valence-corrected chi connectivity index (χ4v) is 1.94. The lowest BCUT2D eigenvalue weighted by atomic mass is 10.4. The molecule has 0 aromatic carbocycles. The summed E-state index contributed by atoms with van der Waals surface area (Å²) in [6.45, 7) is 2.61. The van der Waals surface area contributed by atoms with E-state index in [1.54, 1.807) is 23.7 Å². The van der Waals surface area contributed by atoms with Crippen molar-refractivity contribution in [3.05, 3.63) is 34.2 Å². The Morgan fingerprint density at radius 3 is 2.82 bits per heavy atom. The van der Waals surface area contributed by atoms with Crippen LogP contribution >= 0.6 is 23.6 Å². The number of nitrogens with one attached hydrogen (secondary N) is 1. The fraction of sp³-hybridized carbons (Fsp3) is 0.200. The van der Waals surface area contributed by atoms with E-state index in [0.29, 0.717) is 18.1 Å². The summed E-state index contributed by atoms with van der Waals surface area (Å²) in [7, 11) is 0. The van der Waals surface area contributed by atoms with Gasteiger partial charge in [-0.2, -0.15) is 0 Å². The SMILES string of the molecule is Cc1nc(CNc2cnc(C(N)=S)cn2)cs1. The minimum atomic E-state index is 0.249. The van der Waals surface area contributed by atoms with Gasteiger partial charge in [-0.25, -0.2) is 15.0 Å². The van der Waals surface area contributed by atoms with E-state index in [9.17, 15) is 0 Å². The Bertz CT molecular complexity index is 520. The maximum absolute atomic E-state index is 5.43. The van der Waals surface area contributed by atoms with Crippen molar-refractivity contribution in [1.29, 1.82) is 0 Å². The van der Waals surface area contributed by atoms with Crippen molar-refractivity contribution in [3.8, 4) is 0 Å². The highest BCUT2D eigenvalue weighted by atomic mass is 32.1. The highest BCUT2D eigenvalue weighted by Crippen LogP contribution is 2.09. The number of rotatable bonds is 4. The molecule has 2 heterocycles. The lowest BCUT2D eigenvalue weighted by Crippen LogP contribution is -2.12. The Balaban J connectivity index is 1.97. The van der Waals surface area contributed by atoms with Crippen LogP contribution in [0.4, 0.5) is 5.82 Å².